The molecule has 4 heteroatoms. The van der Waals surface area contributed by atoms with E-state index in [4.69, 9.17) is 4.74 Å². The summed E-state index contributed by atoms with van der Waals surface area (Å²) in [4.78, 5) is 14.4. The Kier molecular flexibility index (Phi) is 4.63. The number of aryl methyl sites for hydroxylation is 1. The lowest BCUT2D eigenvalue weighted by molar-refractivity contribution is -0.117. The molecule has 0 unspecified atom stereocenters. The van der Waals surface area contributed by atoms with Crippen molar-refractivity contribution in [3.8, 4) is 5.75 Å². The number of hydrogen-bond acceptors (Lipinski definition) is 3. The number of nitrogens with zero attached hydrogens (tertiary/aromatic N) is 1. The zero-order chi connectivity index (χ0) is 16.2. The van der Waals surface area contributed by atoms with Crippen LogP contribution in [0.5, 0.6) is 5.75 Å². The van der Waals surface area contributed by atoms with Gasteiger partial charge in [0.1, 0.15) is 5.75 Å². The van der Waals surface area contributed by atoms with Gasteiger partial charge in [-0.05, 0) is 54.3 Å². The summed E-state index contributed by atoms with van der Waals surface area (Å²) in [5.41, 5.74) is 4.60. The third-order valence-corrected chi connectivity index (χ3v) is 4.17. The molecule has 0 spiro atoms. The predicted molar refractivity (Wildman–Crippen MR) is 91.8 cm³/mol. The quantitative estimate of drug-likeness (QED) is 0.944. The van der Waals surface area contributed by atoms with Crippen molar-refractivity contribution in [2.45, 2.75) is 19.9 Å². The van der Waals surface area contributed by atoms with Gasteiger partial charge in [-0.15, -0.1) is 0 Å². The number of amides is 1. The van der Waals surface area contributed by atoms with E-state index in [2.05, 4.69) is 22.3 Å². The molecular formula is C19H22N2O2. The van der Waals surface area contributed by atoms with E-state index in [1.165, 1.54) is 11.1 Å². The fourth-order valence-electron chi connectivity index (χ4n) is 2.98. The van der Waals surface area contributed by atoms with Crippen molar-refractivity contribution in [1.82, 2.24) is 4.90 Å². The number of hydrogen-bond donors (Lipinski definition) is 1. The topological polar surface area (TPSA) is 41.6 Å². The highest BCUT2D eigenvalue weighted by Crippen LogP contribution is 2.23. The van der Waals surface area contributed by atoms with E-state index >= 15 is 0 Å². The molecule has 2 aromatic carbocycles. The van der Waals surface area contributed by atoms with Gasteiger partial charge in [-0.25, -0.2) is 0 Å². The molecule has 2 aromatic rings. The van der Waals surface area contributed by atoms with E-state index in [0.29, 0.717) is 6.54 Å². The Labute approximate surface area is 137 Å². The van der Waals surface area contributed by atoms with Crippen molar-refractivity contribution in [2.24, 2.45) is 0 Å². The van der Waals surface area contributed by atoms with Crippen molar-refractivity contribution in [1.29, 1.82) is 0 Å². The van der Waals surface area contributed by atoms with E-state index in [9.17, 15) is 4.79 Å². The number of anilines is 1. The van der Waals surface area contributed by atoms with E-state index in [-0.39, 0.29) is 5.91 Å². The summed E-state index contributed by atoms with van der Waals surface area (Å²) in [6, 6.07) is 14.0. The van der Waals surface area contributed by atoms with Gasteiger partial charge in [0.25, 0.3) is 0 Å². The number of ether oxygens (including phenoxy) is 1. The third kappa shape index (κ3) is 3.90. The van der Waals surface area contributed by atoms with Crippen LogP contribution in [0.3, 0.4) is 0 Å². The molecule has 0 radical (unpaired) electrons. The highest BCUT2D eigenvalue weighted by molar-refractivity contribution is 5.92. The van der Waals surface area contributed by atoms with Crippen molar-refractivity contribution in [3.05, 3.63) is 59.2 Å². The van der Waals surface area contributed by atoms with Crippen LogP contribution in [0.2, 0.25) is 0 Å². The number of methoxy groups -OCH3 is 1. The second kappa shape index (κ2) is 6.84. The smallest absolute Gasteiger partial charge is 0.238 e. The number of benzene rings is 2. The Morgan fingerprint density at radius 1 is 1.22 bits per heavy atom. The normalized spacial score (nSPS) is 14.2. The summed E-state index contributed by atoms with van der Waals surface area (Å²) in [5, 5.41) is 2.97. The summed E-state index contributed by atoms with van der Waals surface area (Å²) in [7, 11) is 1.69. The van der Waals surface area contributed by atoms with Crippen LogP contribution in [0.25, 0.3) is 0 Å². The van der Waals surface area contributed by atoms with Gasteiger partial charge in [0.05, 0.1) is 13.7 Å². The Bertz CT molecular complexity index is 712. The van der Waals surface area contributed by atoms with Crippen LogP contribution in [0.1, 0.15) is 16.7 Å². The Balaban J connectivity index is 1.59. The lowest BCUT2D eigenvalue weighted by Gasteiger charge is -2.28. The Hall–Kier alpha value is -2.33. The molecule has 0 aromatic heterocycles. The fourth-order valence-corrected chi connectivity index (χ4v) is 2.98. The molecule has 1 amide bonds. The summed E-state index contributed by atoms with van der Waals surface area (Å²) in [6.45, 7) is 4.13. The highest BCUT2D eigenvalue weighted by atomic mass is 16.5. The number of rotatable bonds is 4. The molecule has 0 bridgehead atoms. The van der Waals surface area contributed by atoms with Gasteiger partial charge in [-0.1, -0.05) is 18.2 Å². The molecule has 1 heterocycles. The largest absolute Gasteiger partial charge is 0.497 e. The van der Waals surface area contributed by atoms with Gasteiger partial charge in [0, 0.05) is 18.8 Å². The van der Waals surface area contributed by atoms with E-state index in [1.807, 2.05) is 37.3 Å². The molecule has 4 nitrogen and oxygen atoms in total. The molecule has 0 aliphatic carbocycles. The predicted octanol–water partition coefficient (Wildman–Crippen LogP) is 3.00. The van der Waals surface area contributed by atoms with Crippen molar-refractivity contribution < 1.29 is 9.53 Å². The Morgan fingerprint density at radius 3 is 2.87 bits per heavy atom. The average Bonchev–Trinajstić information content (AvgIpc) is 2.54. The summed E-state index contributed by atoms with van der Waals surface area (Å²) in [5.74, 6) is 0.932. The monoisotopic (exact) mass is 310 g/mol. The molecule has 1 aliphatic heterocycles. The molecule has 120 valence electrons. The minimum atomic E-state index is 0.0348. The molecule has 0 saturated carbocycles. The molecule has 0 atom stereocenters. The Morgan fingerprint density at radius 2 is 2.09 bits per heavy atom. The lowest BCUT2D eigenvalue weighted by Crippen LogP contribution is -2.37. The standard InChI is InChI=1S/C19H22N2O2/c1-14-4-3-5-17(10-14)20-19(22)13-21-9-8-15-11-18(23-2)7-6-16(15)12-21/h3-7,10-11H,8-9,12-13H2,1-2H3,(H,20,22). The number of nitrogens with one attached hydrogen (secondary N) is 1. The maximum absolute atomic E-state index is 12.2. The number of carbonyl (C=O) groups excluding carboxylic acids is 1. The summed E-state index contributed by atoms with van der Waals surface area (Å²) in [6.07, 6.45) is 0.949. The molecule has 1 N–H and O–H groups in total. The number of carbonyl (C=O) groups is 1. The first-order chi connectivity index (χ1) is 11.1. The van der Waals surface area contributed by atoms with Crippen LogP contribution < -0.4 is 10.1 Å². The van der Waals surface area contributed by atoms with Crippen LogP contribution in [0.4, 0.5) is 5.69 Å². The second-order valence-corrected chi connectivity index (χ2v) is 6.01. The van der Waals surface area contributed by atoms with E-state index in [1.54, 1.807) is 7.11 Å². The van der Waals surface area contributed by atoms with Gasteiger partial charge in [-0.2, -0.15) is 0 Å². The average molecular weight is 310 g/mol. The second-order valence-electron chi connectivity index (χ2n) is 6.01. The van der Waals surface area contributed by atoms with Crippen LogP contribution in [0.15, 0.2) is 42.5 Å². The maximum Gasteiger partial charge on any atom is 0.238 e. The molecule has 1 aliphatic rings. The van der Waals surface area contributed by atoms with E-state index < -0.39 is 0 Å². The summed E-state index contributed by atoms with van der Waals surface area (Å²) >= 11 is 0. The zero-order valence-corrected chi connectivity index (χ0v) is 13.6. The molecule has 0 fully saturated rings. The molecular weight excluding hydrogens is 288 g/mol. The first kappa shape index (κ1) is 15.6. The first-order valence-corrected chi connectivity index (χ1v) is 7.89. The van der Waals surface area contributed by atoms with Gasteiger partial charge in [-0.3, -0.25) is 9.69 Å². The van der Waals surface area contributed by atoms with Gasteiger partial charge < -0.3 is 10.1 Å². The van der Waals surface area contributed by atoms with Gasteiger partial charge in [0.2, 0.25) is 5.91 Å². The van der Waals surface area contributed by atoms with Gasteiger partial charge in [0.15, 0.2) is 0 Å². The van der Waals surface area contributed by atoms with Crippen molar-refractivity contribution in [2.75, 3.05) is 25.5 Å². The van der Waals surface area contributed by atoms with Crippen molar-refractivity contribution >= 4 is 11.6 Å². The lowest BCUT2D eigenvalue weighted by atomic mass is 9.99. The molecule has 0 saturated heterocycles. The van der Waals surface area contributed by atoms with E-state index in [0.717, 1.165) is 36.5 Å². The molecule has 3 rings (SSSR count). The van der Waals surface area contributed by atoms with Crippen molar-refractivity contribution in [3.63, 3.8) is 0 Å². The molecule has 23 heavy (non-hydrogen) atoms. The van der Waals surface area contributed by atoms with Gasteiger partial charge >= 0.3 is 0 Å². The third-order valence-electron chi connectivity index (χ3n) is 4.17. The minimum Gasteiger partial charge on any atom is -0.497 e. The maximum atomic E-state index is 12.2. The van der Waals surface area contributed by atoms with Crippen LogP contribution >= 0.6 is 0 Å². The van der Waals surface area contributed by atoms with Crippen LogP contribution in [0, 0.1) is 6.92 Å². The van der Waals surface area contributed by atoms with Crippen LogP contribution in [-0.2, 0) is 17.8 Å². The van der Waals surface area contributed by atoms with Crippen LogP contribution in [-0.4, -0.2) is 31.0 Å². The highest BCUT2D eigenvalue weighted by Gasteiger charge is 2.19. The minimum absolute atomic E-state index is 0.0348. The number of fused-ring (bicyclic) bond motifs is 1. The SMILES string of the molecule is COc1ccc2c(c1)CCN(CC(=O)Nc1cccc(C)c1)C2. The fraction of sp³-hybridized carbons (Fsp3) is 0.316. The first-order valence-electron chi connectivity index (χ1n) is 7.89. The zero-order valence-electron chi connectivity index (χ0n) is 13.6. The summed E-state index contributed by atoms with van der Waals surface area (Å²) < 4.78 is 5.27.